The molecule has 3 nitrogen and oxygen atoms in total. The lowest BCUT2D eigenvalue weighted by atomic mass is 10.1. The van der Waals surface area contributed by atoms with Gasteiger partial charge in [-0.15, -0.1) is 0 Å². The number of anilines is 1. The van der Waals surface area contributed by atoms with Crippen LogP contribution in [0.3, 0.4) is 0 Å². The molecule has 2 rings (SSSR count). The van der Waals surface area contributed by atoms with Crippen LogP contribution in [-0.4, -0.2) is 5.91 Å². The number of aryl methyl sites for hydroxylation is 2. The number of benzene rings is 2. The fraction of sp³-hybridized carbons (Fsp3) is 0.188. The molecule has 0 radical (unpaired) electrons. The average molecular weight is 290 g/mol. The molecular formula is C16H16F2N2O. The van der Waals surface area contributed by atoms with Crippen molar-refractivity contribution in [3.05, 3.63) is 64.2 Å². The van der Waals surface area contributed by atoms with Crippen molar-refractivity contribution in [2.45, 2.75) is 20.4 Å². The van der Waals surface area contributed by atoms with Crippen LogP contribution in [0.15, 0.2) is 30.3 Å². The summed E-state index contributed by atoms with van der Waals surface area (Å²) in [5.74, 6) is -1.28. The maximum Gasteiger partial charge on any atom is 0.251 e. The molecular weight excluding hydrogens is 274 g/mol. The summed E-state index contributed by atoms with van der Waals surface area (Å²) in [6.45, 7) is 3.58. The van der Waals surface area contributed by atoms with Gasteiger partial charge in [-0.05, 0) is 48.7 Å². The number of halogens is 2. The molecule has 0 bridgehead atoms. The molecule has 0 aliphatic heterocycles. The Kier molecular flexibility index (Phi) is 4.21. The van der Waals surface area contributed by atoms with Gasteiger partial charge < -0.3 is 11.1 Å². The van der Waals surface area contributed by atoms with E-state index in [1.54, 1.807) is 26.0 Å². The largest absolute Gasteiger partial charge is 0.396 e. The van der Waals surface area contributed by atoms with Crippen LogP contribution in [0.4, 0.5) is 14.5 Å². The van der Waals surface area contributed by atoms with Gasteiger partial charge in [0.2, 0.25) is 0 Å². The highest BCUT2D eigenvalue weighted by molar-refractivity contribution is 5.94. The molecule has 21 heavy (non-hydrogen) atoms. The van der Waals surface area contributed by atoms with E-state index in [9.17, 15) is 13.6 Å². The van der Waals surface area contributed by atoms with Gasteiger partial charge in [-0.25, -0.2) is 8.78 Å². The molecule has 110 valence electrons. The van der Waals surface area contributed by atoms with Gasteiger partial charge in [0.05, 0.1) is 5.69 Å². The minimum atomic E-state index is -0.629. The van der Waals surface area contributed by atoms with Crippen LogP contribution in [0.1, 0.15) is 27.0 Å². The second kappa shape index (κ2) is 5.91. The normalized spacial score (nSPS) is 10.5. The maximum absolute atomic E-state index is 13.5. The number of rotatable bonds is 3. The van der Waals surface area contributed by atoms with E-state index in [1.165, 1.54) is 12.1 Å². The standard InChI is InChI=1S/C16H16F2N2O/c1-9-5-11(6-10(2)15(9)18)8-20-16(21)12-3-4-14(19)13(17)7-12/h3-7H,8,19H2,1-2H3,(H,20,21). The summed E-state index contributed by atoms with van der Waals surface area (Å²) in [7, 11) is 0. The summed E-state index contributed by atoms with van der Waals surface area (Å²) in [6, 6.07) is 7.23. The molecule has 0 spiro atoms. The first-order valence-corrected chi connectivity index (χ1v) is 6.47. The molecule has 0 atom stereocenters. The summed E-state index contributed by atoms with van der Waals surface area (Å²) in [6.07, 6.45) is 0. The SMILES string of the molecule is Cc1cc(CNC(=O)c2ccc(N)c(F)c2)cc(C)c1F. The van der Waals surface area contributed by atoms with Crippen LogP contribution in [0.25, 0.3) is 0 Å². The van der Waals surface area contributed by atoms with Gasteiger partial charge in [0.25, 0.3) is 5.91 Å². The zero-order valence-corrected chi connectivity index (χ0v) is 11.8. The predicted molar refractivity (Wildman–Crippen MR) is 77.9 cm³/mol. The summed E-state index contributed by atoms with van der Waals surface area (Å²) in [4.78, 5) is 11.9. The Balaban J connectivity index is 2.09. The second-order valence-corrected chi connectivity index (χ2v) is 4.96. The van der Waals surface area contributed by atoms with Gasteiger partial charge in [0.1, 0.15) is 11.6 Å². The molecule has 0 saturated carbocycles. The Bertz CT molecular complexity index is 676. The molecule has 0 aliphatic carbocycles. The molecule has 0 aromatic heterocycles. The number of carbonyl (C=O) groups is 1. The first kappa shape index (κ1) is 15.0. The zero-order chi connectivity index (χ0) is 15.6. The molecule has 2 aromatic rings. The monoisotopic (exact) mass is 290 g/mol. The molecule has 2 aromatic carbocycles. The molecule has 5 heteroatoms. The zero-order valence-electron chi connectivity index (χ0n) is 11.8. The van der Waals surface area contributed by atoms with Gasteiger partial charge in [-0.2, -0.15) is 0 Å². The number of carbonyl (C=O) groups excluding carboxylic acids is 1. The Morgan fingerprint density at radius 1 is 1.14 bits per heavy atom. The minimum Gasteiger partial charge on any atom is -0.396 e. The number of nitrogens with two attached hydrogens (primary N) is 1. The predicted octanol–water partition coefficient (Wildman–Crippen LogP) is 3.09. The summed E-state index contributed by atoms with van der Waals surface area (Å²) in [5, 5.41) is 2.67. The Morgan fingerprint density at radius 2 is 1.76 bits per heavy atom. The van der Waals surface area contributed by atoms with Crippen molar-refractivity contribution in [3.8, 4) is 0 Å². The summed E-state index contributed by atoms with van der Waals surface area (Å²) >= 11 is 0. The highest BCUT2D eigenvalue weighted by atomic mass is 19.1. The van der Waals surface area contributed by atoms with Crippen LogP contribution < -0.4 is 11.1 Å². The van der Waals surface area contributed by atoms with Crippen LogP contribution in [0, 0.1) is 25.5 Å². The fourth-order valence-corrected chi connectivity index (χ4v) is 2.09. The molecule has 0 fully saturated rings. The molecule has 0 heterocycles. The lowest BCUT2D eigenvalue weighted by molar-refractivity contribution is 0.0950. The average Bonchev–Trinajstić information content (AvgIpc) is 2.44. The van der Waals surface area contributed by atoms with E-state index in [4.69, 9.17) is 5.73 Å². The number of nitrogens with one attached hydrogen (secondary N) is 1. The Morgan fingerprint density at radius 3 is 2.33 bits per heavy atom. The van der Waals surface area contributed by atoms with Crippen molar-refractivity contribution >= 4 is 11.6 Å². The van der Waals surface area contributed by atoms with Gasteiger partial charge in [0.15, 0.2) is 0 Å². The number of amides is 1. The van der Waals surface area contributed by atoms with E-state index in [2.05, 4.69) is 5.32 Å². The number of hydrogen-bond donors (Lipinski definition) is 2. The second-order valence-electron chi connectivity index (χ2n) is 4.96. The van der Waals surface area contributed by atoms with Crippen molar-refractivity contribution in [3.63, 3.8) is 0 Å². The van der Waals surface area contributed by atoms with E-state index < -0.39 is 11.7 Å². The lowest BCUT2D eigenvalue weighted by Gasteiger charge is -2.09. The van der Waals surface area contributed by atoms with Gasteiger partial charge in [-0.3, -0.25) is 4.79 Å². The van der Waals surface area contributed by atoms with Crippen LogP contribution in [-0.2, 0) is 6.54 Å². The van der Waals surface area contributed by atoms with Crippen molar-refractivity contribution in [1.82, 2.24) is 5.32 Å². The molecule has 3 N–H and O–H groups in total. The van der Waals surface area contributed by atoms with E-state index >= 15 is 0 Å². The van der Waals surface area contributed by atoms with Gasteiger partial charge >= 0.3 is 0 Å². The van der Waals surface area contributed by atoms with E-state index in [1.807, 2.05) is 0 Å². The highest BCUT2D eigenvalue weighted by Crippen LogP contribution is 2.15. The fourth-order valence-electron chi connectivity index (χ4n) is 2.09. The molecule has 1 amide bonds. The van der Waals surface area contributed by atoms with Crippen LogP contribution in [0.5, 0.6) is 0 Å². The third-order valence-electron chi connectivity index (χ3n) is 3.21. The van der Waals surface area contributed by atoms with Crippen molar-refractivity contribution in [2.75, 3.05) is 5.73 Å². The Hall–Kier alpha value is -2.43. The summed E-state index contributed by atoms with van der Waals surface area (Å²) < 4.78 is 26.8. The molecule has 0 unspecified atom stereocenters. The van der Waals surface area contributed by atoms with Crippen molar-refractivity contribution < 1.29 is 13.6 Å². The quantitative estimate of drug-likeness (QED) is 0.853. The molecule has 0 saturated heterocycles. The number of hydrogen-bond acceptors (Lipinski definition) is 2. The van der Waals surface area contributed by atoms with Crippen LogP contribution in [0.2, 0.25) is 0 Å². The third-order valence-corrected chi connectivity index (χ3v) is 3.21. The third kappa shape index (κ3) is 3.37. The topological polar surface area (TPSA) is 55.1 Å². The smallest absolute Gasteiger partial charge is 0.251 e. The minimum absolute atomic E-state index is 0.00339. The lowest BCUT2D eigenvalue weighted by Crippen LogP contribution is -2.23. The first-order valence-electron chi connectivity index (χ1n) is 6.47. The van der Waals surface area contributed by atoms with E-state index in [0.717, 1.165) is 11.6 Å². The van der Waals surface area contributed by atoms with Gasteiger partial charge in [-0.1, -0.05) is 12.1 Å². The first-order chi connectivity index (χ1) is 9.88. The molecule has 0 aliphatic rings. The van der Waals surface area contributed by atoms with Gasteiger partial charge in [0, 0.05) is 12.1 Å². The van der Waals surface area contributed by atoms with Crippen molar-refractivity contribution in [2.24, 2.45) is 0 Å². The highest BCUT2D eigenvalue weighted by Gasteiger charge is 2.09. The van der Waals surface area contributed by atoms with Crippen molar-refractivity contribution in [1.29, 1.82) is 0 Å². The van der Waals surface area contributed by atoms with E-state index in [-0.39, 0.29) is 23.6 Å². The summed E-state index contributed by atoms with van der Waals surface area (Å²) in [5.41, 5.74) is 7.39. The maximum atomic E-state index is 13.5. The van der Waals surface area contributed by atoms with E-state index in [0.29, 0.717) is 11.1 Å². The Labute approximate surface area is 121 Å². The van der Waals surface area contributed by atoms with Crippen LogP contribution >= 0.6 is 0 Å². The number of nitrogen functional groups attached to an aromatic ring is 1.